The van der Waals surface area contributed by atoms with Gasteiger partial charge < -0.3 is 10.6 Å². The zero-order chi connectivity index (χ0) is 15.0. The van der Waals surface area contributed by atoms with E-state index in [9.17, 15) is 13.2 Å². The Morgan fingerprint density at radius 3 is 2.38 bits per heavy atom. The van der Waals surface area contributed by atoms with Gasteiger partial charge in [0.15, 0.2) is 0 Å². The summed E-state index contributed by atoms with van der Waals surface area (Å²) in [6, 6.07) is 8.12. The average Bonchev–Trinajstić information content (AvgIpc) is 2.44. The molecule has 1 rings (SSSR count). The van der Waals surface area contributed by atoms with Crippen LogP contribution in [0.2, 0.25) is 0 Å². The highest BCUT2D eigenvalue weighted by Crippen LogP contribution is 2.06. The Morgan fingerprint density at radius 1 is 1.19 bits per heavy atom. The van der Waals surface area contributed by atoms with Crippen molar-refractivity contribution in [2.75, 3.05) is 26.7 Å². The van der Waals surface area contributed by atoms with Gasteiger partial charge in [0, 0.05) is 25.6 Å². The Labute approximate surface area is 132 Å². The number of nitrogens with one attached hydrogen (secondary N) is 3. The molecule has 1 aromatic rings. The predicted octanol–water partition coefficient (Wildman–Crippen LogP) is 0.358. The zero-order valence-corrected chi connectivity index (χ0v) is 13.8. The summed E-state index contributed by atoms with van der Waals surface area (Å²) in [7, 11) is -1.73. The first kappa shape index (κ1) is 19.9. The summed E-state index contributed by atoms with van der Waals surface area (Å²) in [5.74, 6) is -0.246. The molecule has 0 aliphatic heterocycles. The van der Waals surface area contributed by atoms with Crippen molar-refractivity contribution in [2.45, 2.75) is 11.8 Å². The second-order valence-corrected chi connectivity index (χ2v) is 6.23. The van der Waals surface area contributed by atoms with Crippen LogP contribution in [0.1, 0.15) is 6.92 Å². The van der Waals surface area contributed by atoms with Crippen molar-refractivity contribution in [3.8, 4) is 0 Å². The second kappa shape index (κ2) is 9.73. The van der Waals surface area contributed by atoms with Crippen molar-refractivity contribution < 1.29 is 13.2 Å². The lowest BCUT2D eigenvalue weighted by Crippen LogP contribution is -2.39. The maximum Gasteiger partial charge on any atom is 0.240 e. The fourth-order valence-corrected chi connectivity index (χ4v) is 2.68. The number of carbonyl (C=O) groups excluding carboxylic acids is 1. The van der Waals surface area contributed by atoms with Gasteiger partial charge in [-0.25, -0.2) is 13.1 Å². The lowest BCUT2D eigenvalue weighted by atomic mass is 10.1. The number of carbonyl (C=O) groups is 1. The van der Waals surface area contributed by atoms with Crippen LogP contribution in [0.25, 0.3) is 0 Å². The molecule has 0 heterocycles. The van der Waals surface area contributed by atoms with E-state index in [-0.39, 0.29) is 42.2 Å². The van der Waals surface area contributed by atoms with Gasteiger partial charge in [-0.15, -0.1) is 12.4 Å². The molecule has 0 aromatic heterocycles. The normalized spacial score (nSPS) is 12.3. The number of hydrogen-bond acceptors (Lipinski definition) is 4. The van der Waals surface area contributed by atoms with Crippen LogP contribution in [-0.2, 0) is 14.8 Å². The number of amides is 1. The Kier molecular flexibility index (Phi) is 9.19. The molecule has 1 atom stereocenters. The van der Waals surface area contributed by atoms with Gasteiger partial charge in [-0.2, -0.15) is 0 Å². The molecule has 6 nitrogen and oxygen atoms in total. The van der Waals surface area contributed by atoms with E-state index < -0.39 is 10.0 Å². The van der Waals surface area contributed by atoms with E-state index in [1.807, 2.05) is 0 Å². The highest BCUT2D eigenvalue weighted by Gasteiger charge is 2.14. The van der Waals surface area contributed by atoms with Gasteiger partial charge in [-0.1, -0.05) is 25.1 Å². The third-order valence-corrected chi connectivity index (χ3v) is 4.20. The quantitative estimate of drug-likeness (QED) is 0.599. The summed E-state index contributed by atoms with van der Waals surface area (Å²) in [6.45, 7) is 2.82. The first-order valence-electron chi connectivity index (χ1n) is 6.44. The van der Waals surface area contributed by atoms with Crippen LogP contribution in [0, 0.1) is 5.92 Å². The molecule has 0 saturated carbocycles. The van der Waals surface area contributed by atoms with E-state index in [2.05, 4.69) is 15.4 Å². The highest BCUT2D eigenvalue weighted by molar-refractivity contribution is 7.89. The largest absolute Gasteiger partial charge is 0.355 e. The summed E-state index contributed by atoms with van der Waals surface area (Å²) >= 11 is 0. The second-order valence-electron chi connectivity index (χ2n) is 4.46. The summed E-state index contributed by atoms with van der Waals surface area (Å²) in [5.41, 5.74) is 0. The van der Waals surface area contributed by atoms with Crippen LogP contribution in [0.5, 0.6) is 0 Å². The molecule has 1 amide bonds. The van der Waals surface area contributed by atoms with Gasteiger partial charge in [0.05, 0.1) is 4.90 Å². The minimum absolute atomic E-state index is 0. The van der Waals surface area contributed by atoms with Crippen LogP contribution in [-0.4, -0.2) is 41.0 Å². The molecule has 3 N–H and O–H groups in total. The standard InChI is InChI=1S/C13H21N3O3S.ClH/c1-11(10-14-2)13(17)15-8-9-16-20(18,19)12-6-4-3-5-7-12;/h3-7,11,14,16H,8-10H2,1-2H3,(H,15,17);1H. The fourth-order valence-electron chi connectivity index (χ4n) is 1.63. The van der Waals surface area contributed by atoms with E-state index in [4.69, 9.17) is 0 Å². The summed E-state index contributed by atoms with van der Waals surface area (Å²) in [5, 5.41) is 5.60. The van der Waals surface area contributed by atoms with E-state index in [0.717, 1.165) is 0 Å². The third kappa shape index (κ3) is 6.90. The van der Waals surface area contributed by atoms with Crippen molar-refractivity contribution in [2.24, 2.45) is 5.92 Å². The Bertz CT molecular complexity index is 523. The SMILES string of the molecule is CNCC(C)C(=O)NCCNS(=O)(=O)c1ccccc1.Cl. The molecule has 8 heteroatoms. The smallest absolute Gasteiger partial charge is 0.240 e. The van der Waals surface area contributed by atoms with Gasteiger partial charge in [-0.3, -0.25) is 4.79 Å². The maximum absolute atomic E-state index is 11.9. The van der Waals surface area contributed by atoms with E-state index in [1.165, 1.54) is 12.1 Å². The Balaban J connectivity index is 0.00000400. The molecule has 1 aromatic carbocycles. The molecule has 0 fully saturated rings. The number of hydrogen-bond donors (Lipinski definition) is 3. The Morgan fingerprint density at radius 2 is 1.81 bits per heavy atom. The van der Waals surface area contributed by atoms with Crippen molar-refractivity contribution in [1.29, 1.82) is 0 Å². The lowest BCUT2D eigenvalue weighted by molar-refractivity contribution is -0.124. The van der Waals surface area contributed by atoms with Gasteiger partial charge in [0.25, 0.3) is 0 Å². The Hall–Kier alpha value is -1.15. The van der Waals surface area contributed by atoms with Crippen molar-refractivity contribution in [1.82, 2.24) is 15.4 Å². The first-order valence-corrected chi connectivity index (χ1v) is 7.92. The van der Waals surface area contributed by atoms with Gasteiger partial charge in [0.1, 0.15) is 0 Å². The minimum Gasteiger partial charge on any atom is -0.355 e. The minimum atomic E-state index is -3.50. The number of rotatable bonds is 8. The number of halogens is 1. The van der Waals surface area contributed by atoms with Crippen LogP contribution in [0.15, 0.2) is 35.2 Å². The topological polar surface area (TPSA) is 87.3 Å². The van der Waals surface area contributed by atoms with E-state index in [0.29, 0.717) is 6.54 Å². The van der Waals surface area contributed by atoms with E-state index in [1.54, 1.807) is 32.2 Å². The number of benzene rings is 1. The maximum atomic E-state index is 11.9. The van der Waals surface area contributed by atoms with Crippen molar-refractivity contribution in [3.05, 3.63) is 30.3 Å². The summed E-state index contributed by atoms with van der Waals surface area (Å²) < 4.78 is 26.2. The molecular weight excluding hydrogens is 314 g/mol. The van der Waals surface area contributed by atoms with Crippen LogP contribution in [0.4, 0.5) is 0 Å². The molecule has 0 radical (unpaired) electrons. The highest BCUT2D eigenvalue weighted by atomic mass is 35.5. The average molecular weight is 336 g/mol. The molecule has 0 spiro atoms. The molecule has 120 valence electrons. The molecule has 0 bridgehead atoms. The van der Waals surface area contributed by atoms with Gasteiger partial charge in [-0.05, 0) is 19.2 Å². The van der Waals surface area contributed by atoms with Crippen molar-refractivity contribution >= 4 is 28.3 Å². The molecule has 21 heavy (non-hydrogen) atoms. The molecule has 1 unspecified atom stereocenters. The lowest BCUT2D eigenvalue weighted by Gasteiger charge is -2.12. The number of sulfonamides is 1. The van der Waals surface area contributed by atoms with E-state index >= 15 is 0 Å². The molecule has 0 aliphatic rings. The van der Waals surface area contributed by atoms with Gasteiger partial charge in [0.2, 0.25) is 15.9 Å². The van der Waals surface area contributed by atoms with Crippen LogP contribution < -0.4 is 15.4 Å². The molecule has 0 saturated heterocycles. The van der Waals surface area contributed by atoms with Crippen molar-refractivity contribution in [3.63, 3.8) is 0 Å². The van der Waals surface area contributed by atoms with Crippen LogP contribution in [0.3, 0.4) is 0 Å². The van der Waals surface area contributed by atoms with Gasteiger partial charge >= 0.3 is 0 Å². The summed E-state index contributed by atoms with van der Waals surface area (Å²) in [6.07, 6.45) is 0. The molecular formula is C13H22ClN3O3S. The molecule has 0 aliphatic carbocycles. The fraction of sp³-hybridized carbons (Fsp3) is 0.462. The van der Waals surface area contributed by atoms with Crippen LogP contribution >= 0.6 is 12.4 Å². The zero-order valence-electron chi connectivity index (χ0n) is 12.1. The summed E-state index contributed by atoms with van der Waals surface area (Å²) in [4.78, 5) is 11.8. The predicted molar refractivity (Wildman–Crippen MR) is 85.0 cm³/mol. The first-order chi connectivity index (χ1) is 9.47. The monoisotopic (exact) mass is 335 g/mol. The third-order valence-electron chi connectivity index (χ3n) is 2.73.